The summed E-state index contributed by atoms with van der Waals surface area (Å²) < 4.78 is 35.9. The molecule has 204 valence electrons. The summed E-state index contributed by atoms with van der Waals surface area (Å²) in [6, 6.07) is 4.42. The van der Waals surface area contributed by atoms with Crippen molar-refractivity contribution in [2.75, 3.05) is 32.9 Å². The predicted molar refractivity (Wildman–Crippen MR) is 140 cm³/mol. The Kier molecular flexibility index (Phi) is 9.11. The van der Waals surface area contributed by atoms with E-state index < -0.39 is 15.4 Å². The minimum atomic E-state index is -4.03. The number of rotatable bonds is 13. The number of benzene rings is 1. The monoisotopic (exact) mass is 535 g/mol. The normalized spacial score (nSPS) is 12.5. The van der Waals surface area contributed by atoms with Crippen LogP contribution in [0.15, 0.2) is 27.9 Å². The second-order valence-corrected chi connectivity index (χ2v) is 11.1. The smallest absolute Gasteiger partial charge is 0.277 e. The number of sulfonamides is 1. The van der Waals surface area contributed by atoms with Crippen LogP contribution in [0.1, 0.15) is 52.1 Å². The summed E-state index contributed by atoms with van der Waals surface area (Å²) >= 11 is 0. The summed E-state index contributed by atoms with van der Waals surface area (Å²) in [5, 5.41) is 24.4. The van der Waals surface area contributed by atoms with Gasteiger partial charge in [0, 0.05) is 24.9 Å². The summed E-state index contributed by atoms with van der Waals surface area (Å²) in [6.45, 7) is 8.77. The standard InChI is InChI=1S/C25H37N5O6S/c1-6-10-21-26-17(5)22-24(33)27-23(28-30(21)22)19-13-18(11-12-20(19)36-9-4)37(34,35)29(8-3)14-25(7-2,15-31)16-32/h11-13,31-32H,6-10,14-16H2,1-5H3,(H,27,28,33). The molecule has 37 heavy (non-hydrogen) atoms. The molecule has 0 spiro atoms. The molecule has 3 N–H and O–H groups in total. The zero-order valence-corrected chi connectivity index (χ0v) is 22.9. The molecule has 3 aromatic rings. The van der Waals surface area contributed by atoms with Crippen molar-refractivity contribution in [2.45, 2.75) is 58.8 Å². The van der Waals surface area contributed by atoms with E-state index in [2.05, 4.69) is 15.1 Å². The third-order valence-electron chi connectivity index (χ3n) is 6.65. The lowest BCUT2D eigenvalue weighted by atomic mass is 9.87. The molecular formula is C25H37N5O6S. The molecule has 12 heteroatoms. The van der Waals surface area contributed by atoms with Crippen molar-refractivity contribution >= 4 is 15.5 Å². The number of aromatic amines is 1. The fraction of sp³-hybridized carbons (Fsp3) is 0.560. The largest absolute Gasteiger partial charge is 0.493 e. The van der Waals surface area contributed by atoms with Crippen molar-refractivity contribution in [3.63, 3.8) is 0 Å². The van der Waals surface area contributed by atoms with Gasteiger partial charge in [0.2, 0.25) is 10.0 Å². The number of fused-ring (bicyclic) bond motifs is 1. The van der Waals surface area contributed by atoms with Gasteiger partial charge in [0.15, 0.2) is 11.3 Å². The van der Waals surface area contributed by atoms with Gasteiger partial charge < -0.3 is 19.9 Å². The first-order chi connectivity index (χ1) is 17.6. The third kappa shape index (κ3) is 5.57. The first-order valence-electron chi connectivity index (χ1n) is 12.6. The van der Waals surface area contributed by atoms with Gasteiger partial charge in [0.05, 0.1) is 36.0 Å². The molecule has 11 nitrogen and oxygen atoms in total. The van der Waals surface area contributed by atoms with Crippen molar-refractivity contribution in [1.82, 2.24) is 23.9 Å². The summed E-state index contributed by atoms with van der Waals surface area (Å²) in [6.07, 6.45) is 1.84. The zero-order valence-electron chi connectivity index (χ0n) is 22.1. The number of hydrogen-bond acceptors (Lipinski definition) is 8. The maximum absolute atomic E-state index is 13.7. The fourth-order valence-corrected chi connectivity index (χ4v) is 5.84. The number of ether oxygens (including phenoxy) is 1. The first-order valence-corrected chi connectivity index (χ1v) is 14.0. The molecule has 2 aromatic heterocycles. The van der Waals surface area contributed by atoms with E-state index in [0.29, 0.717) is 47.8 Å². The number of aryl methyl sites for hydroxylation is 2. The topological polar surface area (TPSA) is 150 Å². The number of H-pyrrole nitrogens is 1. The Morgan fingerprint density at radius 1 is 1.16 bits per heavy atom. The van der Waals surface area contributed by atoms with Crippen LogP contribution in [0.5, 0.6) is 5.75 Å². The van der Waals surface area contributed by atoms with Crippen LogP contribution in [0.2, 0.25) is 0 Å². The first kappa shape index (κ1) is 28.8. The Morgan fingerprint density at radius 2 is 1.86 bits per heavy atom. The Labute approximate surface area is 217 Å². The van der Waals surface area contributed by atoms with Crippen molar-refractivity contribution < 1.29 is 23.4 Å². The summed E-state index contributed by atoms with van der Waals surface area (Å²) in [4.78, 5) is 20.2. The highest BCUT2D eigenvalue weighted by Gasteiger charge is 2.35. The third-order valence-corrected chi connectivity index (χ3v) is 8.56. The van der Waals surface area contributed by atoms with E-state index in [9.17, 15) is 23.4 Å². The van der Waals surface area contributed by atoms with E-state index in [0.717, 1.165) is 6.42 Å². The Hall–Kier alpha value is -2.80. The van der Waals surface area contributed by atoms with Crippen LogP contribution in [0, 0.1) is 12.3 Å². The second kappa shape index (κ2) is 11.7. The number of imidazole rings is 1. The van der Waals surface area contributed by atoms with Crippen molar-refractivity contribution in [3.8, 4) is 17.1 Å². The molecule has 2 heterocycles. The number of nitrogens with zero attached hydrogens (tertiary/aromatic N) is 4. The van der Waals surface area contributed by atoms with Crippen LogP contribution in [0.3, 0.4) is 0 Å². The van der Waals surface area contributed by atoms with Gasteiger partial charge in [-0.25, -0.2) is 17.9 Å². The maximum Gasteiger partial charge on any atom is 0.277 e. The van der Waals surface area contributed by atoms with E-state index in [4.69, 9.17) is 4.74 Å². The van der Waals surface area contributed by atoms with Crippen LogP contribution >= 0.6 is 0 Å². The minimum absolute atomic E-state index is 0.0213. The number of aromatic nitrogens is 4. The molecule has 0 aliphatic heterocycles. The SMILES string of the molecule is CCCc1nc(C)c2c(=O)[nH]c(-c3cc(S(=O)(=O)N(CC)CC(CC)(CO)CO)ccc3OCC)nn12. The van der Waals surface area contributed by atoms with Gasteiger partial charge in [0.1, 0.15) is 11.6 Å². The van der Waals surface area contributed by atoms with Gasteiger partial charge in [0.25, 0.3) is 5.56 Å². The van der Waals surface area contributed by atoms with E-state index in [1.54, 1.807) is 33.8 Å². The van der Waals surface area contributed by atoms with Gasteiger partial charge in [-0.1, -0.05) is 20.8 Å². The highest BCUT2D eigenvalue weighted by molar-refractivity contribution is 7.89. The summed E-state index contributed by atoms with van der Waals surface area (Å²) in [5.41, 5.74) is -0.130. The maximum atomic E-state index is 13.7. The highest BCUT2D eigenvalue weighted by atomic mass is 32.2. The van der Waals surface area contributed by atoms with Crippen molar-refractivity contribution in [1.29, 1.82) is 0 Å². The molecule has 0 unspecified atom stereocenters. The van der Waals surface area contributed by atoms with Gasteiger partial charge >= 0.3 is 0 Å². The Bertz CT molecular complexity index is 1390. The lowest BCUT2D eigenvalue weighted by Crippen LogP contribution is -2.45. The van der Waals surface area contributed by atoms with E-state index >= 15 is 0 Å². The predicted octanol–water partition coefficient (Wildman–Crippen LogP) is 2.14. The van der Waals surface area contributed by atoms with Gasteiger partial charge in [-0.15, -0.1) is 5.10 Å². The number of hydrogen-bond donors (Lipinski definition) is 3. The molecule has 3 rings (SSSR count). The molecule has 0 saturated heterocycles. The lowest BCUT2D eigenvalue weighted by molar-refractivity contribution is 0.0365. The number of aliphatic hydroxyl groups is 2. The Morgan fingerprint density at radius 3 is 2.43 bits per heavy atom. The number of aliphatic hydroxyl groups excluding tert-OH is 2. The van der Waals surface area contributed by atoms with Crippen LogP contribution in [-0.4, -0.2) is 75.4 Å². The molecule has 0 aliphatic carbocycles. The summed E-state index contributed by atoms with van der Waals surface area (Å²) in [5.74, 6) is 1.17. The molecular weight excluding hydrogens is 498 g/mol. The summed E-state index contributed by atoms with van der Waals surface area (Å²) in [7, 11) is -4.03. The minimum Gasteiger partial charge on any atom is -0.493 e. The second-order valence-electron chi connectivity index (χ2n) is 9.12. The molecule has 0 radical (unpaired) electrons. The van der Waals surface area contributed by atoms with Crippen LogP contribution < -0.4 is 10.3 Å². The van der Waals surface area contributed by atoms with Gasteiger partial charge in [-0.3, -0.25) is 4.79 Å². The average molecular weight is 536 g/mol. The molecule has 0 amide bonds. The van der Waals surface area contributed by atoms with E-state index in [1.165, 1.54) is 21.0 Å². The molecule has 0 aliphatic rings. The molecule has 0 fully saturated rings. The van der Waals surface area contributed by atoms with Gasteiger partial charge in [-0.2, -0.15) is 4.31 Å². The molecule has 0 bridgehead atoms. The highest BCUT2D eigenvalue weighted by Crippen LogP contribution is 2.33. The molecule has 0 atom stereocenters. The fourth-order valence-electron chi connectivity index (χ4n) is 4.25. The molecule has 0 saturated carbocycles. The van der Waals surface area contributed by atoms with Gasteiger partial charge in [-0.05, 0) is 44.9 Å². The Balaban J connectivity index is 2.18. The van der Waals surface area contributed by atoms with Crippen LogP contribution in [-0.2, 0) is 16.4 Å². The number of nitrogens with one attached hydrogen (secondary N) is 1. The quantitative estimate of drug-likeness (QED) is 0.301. The van der Waals surface area contributed by atoms with E-state index in [1.807, 2.05) is 6.92 Å². The van der Waals surface area contributed by atoms with Crippen molar-refractivity contribution in [3.05, 3.63) is 40.1 Å². The van der Waals surface area contributed by atoms with E-state index in [-0.39, 0.29) is 42.6 Å². The lowest BCUT2D eigenvalue weighted by Gasteiger charge is -2.34. The average Bonchev–Trinajstić information content (AvgIpc) is 3.21. The molecule has 1 aromatic carbocycles. The van der Waals surface area contributed by atoms with Crippen LogP contribution in [0.25, 0.3) is 16.9 Å². The van der Waals surface area contributed by atoms with Crippen molar-refractivity contribution in [2.24, 2.45) is 5.41 Å². The zero-order chi connectivity index (χ0) is 27.4. The van der Waals surface area contributed by atoms with Crippen LogP contribution in [0.4, 0.5) is 0 Å².